The lowest BCUT2D eigenvalue weighted by atomic mass is 9.88. The first-order chi connectivity index (χ1) is 5.66. The van der Waals surface area contributed by atoms with Crippen molar-refractivity contribution in [3.63, 3.8) is 0 Å². The van der Waals surface area contributed by atoms with Gasteiger partial charge in [-0.25, -0.2) is 0 Å². The summed E-state index contributed by atoms with van der Waals surface area (Å²) in [5.74, 6) is 0. The lowest BCUT2D eigenvalue weighted by Crippen LogP contribution is -2.49. The van der Waals surface area contributed by atoms with Crippen LogP contribution in [0.1, 0.15) is 13.8 Å². The molecule has 0 radical (unpaired) electrons. The summed E-state index contributed by atoms with van der Waals surface area (Å²) in [4.78, 5) is 0. The van der Waals surface area contributed by atoms with Gasteiger partial charge in [-0.05, 0) is 6.92 Å². The second-order valence-corrected chi connectivity index (χ2v) is 4.04. The lowest BCUT2D eigenvalue weighted by molar-refractivity contribution is -0.100. The van der Waals surface area contributed by atoms with E-state index in [2.05, 4.69) is 19.2 Å². The van der Waals surface area contributed by atoms with E-state index in [0.717, 1.165) is 26.4 Å². The summed E-state index contributed by atoms with van der Waals surface area (Å²) in [5, 5.41) is 3.42. The first-order valence-corrected chi connectivity index (χ1v) is 4.46. The van der Waals surface area contributed by atoms with Crippen molar-refractivity contribution < 1.29 is 9.47 Å². The molecule has 1 fully saturated rings. The number of hydrogen-bond acceptors (Lipinski definition) is 3. The highest BCUT2D eigenvalue weighted by atomic mass is 16.5. The zero-order chi connectivity index (χ0) is 9.03. The molecule has 1 N–H and O–H groups in total. The summed E-state index contributed by atoms with van der Waals surface area (Å²) in [5.41, 5.74) is 0.363. The number of rotatable bonds is 5. The molecule has 0 amide bonds. The largest absolute Gasteiger partial charge is 0.383 e. The van der Waals surface area contributed by atoms with Crippen molar-refractivity contribution in [2.75, 3.05) is 33.5 Å². The SMILES string of the molecule is COCC(C)NCC1(C)COC1. The van der Waals surface area contributed by atoms with Gasteiger partial charge in [0.05, 0.1) is 19.8 Å². The van der Waals surface area contributed by atoms with Crippen LogP contribution in [0.5, 0.6) is 0 Å². The molecule has 1 heterocycles. The van der Waals surface area contributed by atoms with Crippen LogP contribution in [0.3, 0.4) is 0 Å². The molecule has 0 aromatic heterocycles. The second kappa shape index (κ2) is 4.21. The molecule has 1 unspecified atom stereocenters. The minimum atomic E-state index is 0.363. The van der Waals surface area contributed by atoms with E-state index in [1.165, 1.54) is 0 Å². The third-order valence-electron chi connectivity index (χ3n) is 2.20. The van der Waals surface area contributed by atoms with E-state index < -0.39 is 0 Å². The van der Waals surface area contributed by atoms with Crippen LogP contribution in [0.4, 0.5) is 0 Å². The van der Waals surface area contributed by atoms with Crippen molar-refractivity contribution in [2.24, 2.45) is 5.41 Å². The van der Waals surface area contributed by atoms with E-state index in [1.807, 2.05) is 0 Å². The van der Waals surface area contributed by atoms with Crippen LogP contribution in [0, 0.1) is 5.41 Å². The van der Waals surface area contributed by atoms with Crippen molar-refractivity contribution in [1.29, 1.82) is 0 Å². The fraction of sp³-hybridized carbons (Fsp3) is 1.00. The van der Waals surface area contributed by atoms with Crippen molar-refractivity contribution >= 4 is 0 Å². The minimum absolute atomic E-state index is 0.363. The van der Waals surface area contributed by atoms with Crippen LogP contribution in [0.15, 0.2) is 0 Å². The van der Waals surface area contributed by atoms with Gasteiger partial charge < -0.3 is 14.8 Å². The van der Waals surface area contributed by atoms with Gasteiger partial charge in [-0.15, -0.1) is 0 Å². The molecule has 1 rings (SSSR count). The highest BCUT2D eigenvalue weighted by Gasteiger charge is 2.33. The fourth-order valence-electron chi connectivity index (χ4n) is 1.28. The zero-order valence-electron chi connectivity index (χ0n) is 8.22. The molecule has 3 nitrogen and oxygen atoms in total. The Kier molecular flexibility index (Phi) is 3.50. The molecule has 0 saturated carbocycles. The summed E-state index contributed by atoms with van der Waals surface area (Å²) in [6.45, 7) is 7.95. The third-order valence-corrected chi connectivity index (χ3v) is 2.20. The second-order valence-electron chi connectivity index (χ2n) is 4.04. The van der Waals surface area contributed by atoms with Gasteiger partial charge in [-0.1, -0.05) is 6.92 Å². The normalized spacial score (nSPS) is 23.2. The molecule has 0 spiro atoms. The molecule has 1 aliphatic heterocycles. The molecule has 12 heavy (non-hydrogen) atoms. The Bertz CT molecular complexity index is 134. The smallest absolute Gasteiger partial charge is 0.0613 e. The molecule has 72 valence electrons. The lowest BCUT2D eigenvalue weighted by Gasteiger charge is -2.38. The summed E-state index contributed by atoms with van der Waals surface area (Å²) < 4.78 is 10.2. The van der Waals surface area contributed by atoms with Gasteiger partial charge in [0.15, 0.2) is 0 Å². The maximum atomic E-state index is 5.16. The van der Waals surface area contributed by atoms with Gasteiger partial charge in [0.2, 0.25) is 0 Å². The quantitative estimate of drug-likeness (QED) is 0.662. The van der Waals surface area contributed by atoms with Crippen LogP contribution in [0.2, 0.25) is 0 Å². The molecule has 0 aromatic rings. The van der Waals surface area contributed by atoms with Crippen molar-refractivity contribution in [1.82, 2.24) is 5.32 Å². The van der Waals surface area contributed by atoms with Gasteiger partial charge in [-0.2, -0.15) is 0 Å². The predicted molar refractivity (Wildman–Crippen MR) is 48.3 cm³/mol. The van der Waals surface area contributed by atoms with Crippen LogP contribution in [-0.2, 0) is 9.47 Å². The minimum Gasteiger partial charge on any atom is -0.383 e. The van der Waals surface area contributed by atoms with Crippen LogP contribution < -0.4 is 5.32 Å². The maximum Gasteiger partial charge on any atom is 0.0613 e. The topological polar surface area (TPSA) is 30.5 Å². The Balaban J connectivity index is 2.07. The molecule has 1 aliphatic rings. The highest BCUT2D eigenvalue weighted by molar-refractivity contribution is 4.83. The van der Waals surface area contributed by atoms with Crippen LogP contribution >= 0.6 is 0 Å². The van der Waals surface area contributed by atoms with Gasteiger partial charge in [-0.3, -0.25) is 0 Å². The van der Waals surface area contributed by atoms with Crippen LogP contribution in [-0.4, -0.2) is 39.5 Å². The Hall–Kier alpha value is -0.120. The Morgan fingerprint density at radius 2 is 2.25 bits per heavy atom. The monoisotopic (exact) mass is 173 g/mol. The van der Waals surface area contributed by atoms with E-state index in [4.69, 9.17) is 9.47 Å². The van der Waals surface area contributed by atoms with Gasteiger partial charge in [0.1, 0.15) is 0 Å². The first kappa shape index (κ1) is 9.96. The first-order valence-electron chi connectivity index (χ1n) is 4.46. The Morgan fingerprint density at radius 3 is 2.67 bits per heavy atom. The molecular weight excluding hydrogens is 154 g/mol. The molecule has 1 atom stereocenters. The standard InChI is InChI=1S/C9H19NO2/c1-8(4-11-3)10-5-9(2)6-12-7-9/h8,10H,4-7H2,1-3H3. The van der Waals surface area contributed by atoms with Gasteiger partial charge >= 0.3 is 0 Å². The molecule has 0 bridgehead atoms. The number of hydrogen-bond donors (Lipinski definition) is 1. The molecule has 1 saturated heterocycles. The molecule has 0 aliphatic carbocycles. The average molecular weight is 173 g/mol. The number of methoxy groups -OCH3 is 1. The summed E-state index contributed by atoms with van der Waals surface area (Å²) in [7, 11) is 1.73. The maximum absolute atomic E-state index is 5.16. The third kappa shape index (κ3) is 2.73. The van der Waals surface area contributed by atoms with Gasteiger partial charge in [0.25, 0.3) is 0 Å². The van der Waals surface area contributed by atoms with Crippen LogP contribution in [0.25, 0.3) is 0 Å². The Labute approximate surface area is 74.4 Å². The predicted octanol–water partition coefficient (Wildman–Crippen LogP) is 0.647. The molecule has 3 heteroatoms. The molecule has 0 aromatic carbocycles. The van der Waals surface area contributed by atoms with E-state index in [0.29, 0.717) is 11.5 Å². The van der Waals surface area contributed by atoms with Crippen molar-refractivity contribution in [3.8, 4) is 0 Å². The molecular formula is C9H19NO2. The highest BCUT2D eigenvalue weighted by Crippen LogP contribution is 2.25. The van der Waals surface area contributed by atoms with E-state index in [-0.39, 0.29) is 0 Å². The van der Waals surface area contributed by atoms with Crippen molar-refractivity contribution in [3.05, 3.63) is 0 Å². The Morgan fingerprint density at radius 1 is 1.58 bits per heavy atom. The summed E-state index contributed by atoms with van der Waals surface area (Å²) in [6.07, 6.45) is 0. The summed E-state index contributed by atoms with van der Waals surface area (Å²) in [6, 6.07) is 0.437. The van der Waals surface area contributed by atoms with Gasteiger partial charge in [0, 0.05) is 25.1 Å². The van der Waals surface area contributed by atoms with E-state index in [9.17, 15) is 0 Å². The number of nitrogens with one attached hydrogen (secondary N) is 1. The average Bonchev–Trinajstić information content (AvgIpc) is 1.98. The number of ether oxygens (including phenoxy) is 2. The zero-order valence-corrected chi connectivity index (χ0v) is 8.22. The summed E-state index contributed by atoms with van der Waals surface area (Å²) >= 11 is 0. The van der Waals surface area contributed by atoms with Crippen molar-refractivity contribution in [2.45, 2.75) is 19.9 Å². The van der Waals surface area contributed by atoms with E-state index >= 15 is 0 Å². The fourth-order valence-corrected chi connectivity index (χ4v) is 1.28. The van der Waals surface area contributed by atoms with E-state index in [1.54, 1.807) is 7.11 Å².